The molecule has 1 aromatic carbocycles. The molecule has 2 unspecified atom stereocenters. The van der Waals surface area contributed by atoms with Crippen LogP contribution >= 0.6 is 17.0 Å². The van der Waals surface area contributed by atoms with Crippen LogP contribution in [0.5, 0.6) is 0 Å². The Balaban J connectivity index is 0.000000860. The van der Waals surface area contributed by atoms with Crippen molar-refractivity contribution in [2.45, 2.75) is 65.5 Å². The Morgan fingerprint density at radius 3 is 1.44 bits per heavy atom. The molecule has 0 bridgehead atoms. The summed E-state index contributed by atoms with van der Waals surface area (Å²) in [5.41, 5.74) is 5.26. The monoisotopic (exact) mass is 489 g/mol. The van der Waals surface area contributed by atoms with E-state index in [1.54, 1.807) is 14.1 Å². The molecule has 0 fully saturated rings. The molecule has 0 N–H and O–H groups in total. The van der Waals surface area contributed by atoms with Crippen LogP contribution in [-0.2, 0) is 33.7 Å². The van der Waals surface area contributed by atoms with Gasteiger partial charge in [0.1, 0.15) is 0 Å². The first kappa shape index (κ1) is 27.1. The molecule has 0 saturated heterocycles. The standard InChI is InChI=1S/C18H26N2.C2H6N.CH3.2ClH.Zr/c1-11(2)15-9-7-13-5-6-14-8-10-16(12(3)4)20-18(14)17(13)19-15;1-3-2;;;;/h5-6,11-12,15-16H,7-10H2,1-4H3;1-2H3;1H3;2*1H;/q-2;-1;+1;;;+4/p-2. The molecule has 2 aliphatic heterocycles. The summed E-state index contributed by atoms with van der Waals surface area (Å²) >= 11 is -0.826. The normalized spacial score (nSPS) is 19.5. The van der Waals surface area contributed by atoms with E-state index < -0.39 is 20.8 Å². The number of rotatable bonds is 2. The Labute approximate surface area is 186 Å². The SMILES string of the molecule is CC(C)C1CCc2ccc3c(c2[N-]1)[N-]C(C(C)C)CC3.C[N-]C.[CH3+].[Cl][Zr+2][Cl]. The Hall–Kier alpha value is 0.113. The molecule has 0 aliphatic carbocycles. The predicted molar refractivity (Wildman–Crippen MR) is 120 cm³/mol. The van der Waals surface area contributed by atoms with Crippen LogP contribution in [0.15, 0.2) is 12.1 Å². The zero-order chi connectivity index (χ0) is 19.7. The van der Waals surface area contributed by atoms with Gasteiger partial charge in [0.25, 0.3) is 0 Å². The second-order valence-corrected chi connectivity index (χ2v) is 11.3. The number of halogens is 2. The molecule has 2 aliphatic rings. The van der Waals surface area contributed by atoms with Crippen molar-refractivity contribution in [1.29, 1.82) is 0 Å². The van der Waals surface area contributed by atoms with Crippen molar-refractivity contribution >= 4 is 28.4 Å². The Bertz CT molecular complexity index is 491. The molecule has 3 nitrogen and oxygen atoms in total. The summed E-state index contributed by atoms with van der Waals surface area (Å²) in [6.07, 6.45) is 4.71. The zero-order valence-corrected chi connectivity index (χ0v) is 21.9. The fourth-order valence-corrected chi connectivity index (χ4v) is 3.39. The summed E-state index contributed by atoms with van der Waals surface area (Å²) in [5, 5.41) is 13.6. The van der Waals surface area contributed by atoms with E-state index in [-0.39, 0.29) is 7.43 Å². The fraction of sp³-hybridized carbons (Fsp3) is 0.667. The van der Waals surface area contributed by atoms with Crippen LogP contribution in [0.25, 0.3) is 16.0 Å². The minimum absolute atomic E-state index is 0. The van der Waals surface area contributed by atoms with Crippen LogP contribution in [0.3, 0.4) is 0 Å². The summed E-state index contributed by atoms with van der Waals surface area (Å²) in [5.74, 6) is 1.26. The number of aryl methyl sites for hydroxylation is 2. The first-order valence-electron chi connectivity index (χ1n) is 9.40. The molecule has 6 heteroatoms. The molecule has 0 radical (unpaired) electrons. The van der Waals surface area contributed by atoms with Crippen LogP contribution < -0.4 is 0 Å². The van der Waals surface area contributed by atoms with Crippen molar-refractivity contribution in [3.8, 4) is 0 Å². The van der Waals surface area contributed by atoms with Crippen LogP contribution in [0, 0.1) is 19.3 Å². The molecule has 1 aromatic rings. The van der Waals surface area contributed by atoms with Crippen LogP contribution in [0.1, 0.15) is 51.7 Å². The summed E-state index contributed by atoms with van der Waals surface area (Å²) < 4.78 is 0. The maximum absolute atomic E-state index is 5.06. The first-order chi connectivity index (χ1) is 12.4. The topological polar surface area (TPSA) is 42.3 Å². The van der Waals surface area contributed by atoms with E-state index in [0.717, 1.165) is 12.8 Å². The van der Waals surface area contributed by atoms with E-state index in [0.29, 0.717) is 23.9 Å². The first-order valence-corrected chi connectivity index (χ1v) is 15.7. The fourth-order valence-electron chi connectivity index (χ4n) is 3.39. The van der Waals surface area contributed by atoms with Gasteiger partial charge in [-0.25, -0.2) is 0 Å². The molecule has 2 atom stereocenters. The van der Waals surface area contributed by atoms with Crippen LogP contribution in [-0.4, -0.2) is 26.2 Å². The number of hydrogen-bond acceptors (Lipinski definition) is 0. The Kier molecular flexibility index (Phi) is 14.2. The molecule has 0 spiro atoms. The molecular formula is C21H35Cl2N3Zr. The second kappa shape index (κ2) is 14.2. The van der Waals surface area contributed by atoms with Gasteiger partial charge in [0, 0.05) is 7.43 Å². The molecule has 2 heterocycles. The second-order valence-electron chi connectivity index (χ2n) is 7.56. The van der Waals surface area contributed by atoms with Gasteiger partial charge in [0.2, 0.25) is 0 Å². The Morgan fingerprint density at radius 2 is 1.19 bits per heavy atom. The van der Waals surface area contributed by atoms with Crippen molar-refractivity contribution in [1.82, 2.24) is 0 Å². The number of benzene rings is 1. The summed E-state index contributed by atoms with van der Waals surface area (Å²) in [6, 6.07) is 5.53. The number of nitrogens with zero attached hydrogens (tertiary/aromatic N) is 3. The Morgan fingerprint density at radius 1 is 0.889 bits per heavy atom. The van der Waals surface area contributed by atoms with Crippen LogP contribution in [0.2, 0.25) is 0 Å². The van der Waals surface area contributed by atoms with Gasteiger partial charge in [-0.15, -0.1) is 12.1 Å². The van der Waals surface area contributed by atoms with Gasteiger partial charge in [-0.2, -0.15) is 25.5 Å². The third-order valence-electron chi connectivity index (χ3n) is 4.87. The molecular weight excluding hydrogens is 456 g/mol. The van der Waals surface area contributed by atoms with Crippen molar-refractivity contribution in [3.63, 3.8) is 0 Å². The van der Waals surface area contributed by atoms with E-state index in [2.05, 4.69) is 45.1 Å². The maximum atomic E-state index is 5.06. The van der Waals surface area contributed by atoms with Gasteiger partial charge in [0.15, 0.2) is 0 Å². The van der Waals surface area contributed by atoms with Crippen molar-refractivity contribution < 1.29 is 20.8 Å². The third kappa shape index (κ3) is 8.17. The molecule has 0 aromatic heterocycles. The van der Waals surface area contributed by atoms with E-state index in [4.69, 9.17) is 27.7 Å². The van der Waals surface area contributed by atoms with Gasteiger partial charge >= 0.3 is 37.9 Å². The van der Waals surface area contributed by atoms with E-state index >= 15 is 0 Å². The number of fused-ring (bicyclic) bond motifs is 3. The summed E-state index contributed by atoms with van der Waals surface area (Å²) in [4.78, 5) is 0. The molecule has 27 heavy (non-hydrogen) atoms. The van der Waals surface area contributed by atoms with Crippen molar-refractivity contribution in [3.05, 3.63) is 46.6 Å². The van der Waals surface area contributed by atoms with Gasteiger partial charge in [-0.3, -0.25) is 0 Å². The third-order valence-corrected chi connectivity index (χ3v) is 4.87. The average Bonchev–Trinajstić information content (AvgIpc) is 2.62. The van der Waals surface area contributed by atoms with Gasteiger partial charge in [0.05, 0.1) is 0 Å². The van der Waals surface area contributed by atoms with E-state index in [1.807, 2.05) is 0 Å². The van der Waals surface area contributed by atoms with Crippen LogP contribution in [0.4, 0.5) is 11.4 Å². The minimum atomic E-state index is -0.826. The van der Waals surface area contributed by atoms with Crippen molar-refractivity contribution in [2.75, 3.05) is 14.1 Å². The molecule has 3 rings (SSSR count). The number of hydrogen-bond donors (Lipinski definition) is 0. The van der Waals surface area contributed by atoms with E-state index in [9.17, 15) is 0 Å². The zero-order valence-electron chi connectivity index (χ0n) is 17.9. The van der Waals surface area contributed by atoms with Gasteiger partial charge in [-0.1, -0.05) is 75.6 Å². The molecule has 0 amide bonds. The molecule has 152 valence electrons. The van der Waals surface area contributed by atoms with Crippen molar-refractivity contribution in [2.24, 2.45) is 11.8 Å². The summed E-state index contributed by atoms with van der Waals surface area (Å²) in [6.45, 7) is 9.12. The quantitative estimate of drug-likeness (QED) is 0.375. The van der Waals surface area contributed by atoms with E-state index in [1.165, 1.54) is 35.3 Å². The van der Waals surface area contributed by atoms with Gasteiger partial charge < -0.3 is 16.0 Å². The summed E-state index contributed by atoms with van der Waals surface area (Å²) in [7, 11) is 13.4. The average molecular weight is 492 g/mol. The molecule has 0 saturated carbocycles. The van der Waals surface area contributed by atoms with Gasteiger partial charge in [-0.05, 0) is 12.8 Å². The predicted octanol–water partition coefficient (Wildman–Crippen LogP) is 8.09.